The Kier molecular flexibility index (Phi) is 3.88. The topological polar surface area (TPSA) is 26.3 Å². The van der Waals surface area contributed by atoms with Crippen molar-refractivity contribution in [3.63, 3.8) is 0 Å². The lowest BCUT2D eigenvalue weighted by molar-refractivity contribution is 0.0858. The van der Waals surface area contributed by atoms with Crippen molar-refractivity contribution in [2.75, 3.05) is 6.61 Å². The van der Waals surface area contributed by atoms with Crippen LogP contribution in [0.15, 0.2) is 36.9 Å². The Morgan fingerprint density at radius 1 is 1.31 bits per heavy atom. The van der Waals surface area contributed by atoms with Gasteiger partial charge in [-0.2, -0.15) is 0 Å². The second-order valence-electron chi connectivity index (χ2n) is 4.70. The molecule has 0 unspecified atom stereocenters. The van der Waals surface area contributed by atoms with E-state index < -0.39 is 0 Å². The van der Waals surface area contributed by atoms with Crippen LogP contribution in [0.2, 0.25) is 0 Å². The van der Waals surface area contributed by atoms with Gasteiger partial charge in [0.2, 0.25) is 0 Å². The first-order valence-electron chi connectivity index (χ1n) is 5.33. The lowest BCUT2D eigenvalue weighted by Crippen LogP contribution is -2.19. The summed E-state index contributed by atoms with van der Waals surface area (Å²) < 4.78 is 5.35. The average Bonchev–Trinajstić information content (AvgIpc) is 2.25. The molecule has 2 heteroatoms. The molecule has 0 spiro atoms. The van der Waals surface area contributed by atoms with E-state index in [1.54, 1.807) is 18.2 Å². The van der Waals surface area contributed by atoms with Crippen molar-refractivity contribution in [3.8, 4) is 5.75 Å². The number of ketones is 1. The number of carbonyl (C=O) groups excluding carboxylic acids is 1. The molecule has 2 nitrogen and oxygen atoms in total. The Balaban J connectivity index is 2.79. The molecule has 0 fully saturated rings. The SMILES string of the molecule is C=CCOc1ccc(C(=O)C(C)(C)C)cc1. The van der Waals surface area contributed by atoms with Crippen molar-refractivity contribution in [1.82, 2.24) is 0 Å². The van der Waals surface area contributed by atoms with Gasteiger partial charge in [0.15, 0.2) is 5.78 Å². The van der Waals surface area contributed by atoms with Gasteiger partial charge in [0.05, 0.1) is 0 Å². The van der Waals surface area contributed by atoms with E-state index in [0.29, 0.717) is 6.61 Å². The third-order valence-electron chi connectivity index (χ3n) is 2.17. The third-order valence-corrected chi connectivity index (χ3v) is 2.17. The van der Waals surface area contributed by atoms with Crippen LogP contribution in [0.4, 0.5) is 0 Å². The van der Waals surface area contributed by atoms with E-state index in [4.69, 9.17) is 4.74 Å². The fourth-order valence-corrected chi connectivity index (χ4v) is 1.29. The normalized spacial score (nSPS) is 10.9. The Bertz CT molecular complexity index is 369. The first kappa shape index (κ1) is 12.5. The Morgan fingerprint density at radius 3 is 2.31 bits per heavy atom. The smallest absolute Gasteiger partial charge is 0.168 e. The number of ether oxygens (including phenoxy) is 1. The summed E-state index contributed by atoms with van der Waals surface area (Å²) in [6.45, 7) is 9.80. The lowest BCUT2D eigenvalue weighted by atomic mass is 9.86. The molecule has 0 aromatic heterocycles. The second-order valence-corrected chi connectivity index (χ2v) is 4.70. The Hall–Kier alpha value is -1.57. The first-order valence-corrected chi connectivity index (χ1v) is 5.33. The zero-order chi connectivity index (χ0) is 12.2. The number of benzene rings is 1. The van der Waals surface area contributed by atoms with Crippen LogP contribution in [-0.4, -0.2) is 12.4 Å². The van der Waals surface area contributed by atoms with E-state index >= 15 is 0 Å². The molecular formula is C14H18O2. The fourth-order valence-electron chi connectivity index (χ4n) is 1.29. The first-order chi connectivity index (χ1) is 7.45. The summed E-state index contributed by atoms with van der Waals surface area (Å²) >= 11 is 0. The molecule has 1 aromatic carbocycles. The summed E-state index contributed by atoms with van der Waals surface area (Å²) in [5.41, 5.74) is 0.377. The van der Waals surface area contributed by atoms with E-state index in [9.17, 15) is 4.79 Å². The van der Waals surface area contributed by atoms with Crippen molar-refractivity contribution in [1.29, 1.82) is 0 Å². The van der Waals surface area contributed by atoms with Crippen LogP contribution in [-0.2, 0) is 0 Å². The van der Waals surface area contributed by atoms with Gasteiger partial charge < -0.3 is 4.74 Å². The van der Waals surface area contributed by atoms with Gasteiger partial charge >= 0.3 is 0 Å². The number of Topliss-reactive ketones (excluding diaryl/α,β-unsaturated/α-hetero) is 1. The number of carbonyl (C=O) groups is 1. The molecule has 86 valence electrons. The molecule has 0 heterocycles. The van der Waals surface area contributed by atoms with Crippen molar-refractivity contribution in [2.45, 2.75) is 20.8 Å². The molecule has 0 amide bonds. The maximum atomic E-state index is 11.9. The maximum Gasteiger partial charge on any atom is 0.168 e. The van der Waals surface area contributed by atoms with E-state index in [1.807, 2.05) is 32.9 Å². The molecule has 0 aliphatic rings. The summed E-state index contributed by atoms with van der Waals surface area (Å²) in [6.07, 6.45) is 1.69. The highest BCUT2D eigenvalue weighted by atomic mass is 16.5. The number of rotatable bonds is 4. The average molecular weight is 218 g/mol. The highest BCUT2D eigenvalue weighted by Gasteiger charge is 2.22. The van der Waals surface area contributed by atoms with Gasteiger partial charge in [-0.1, -0.05) is 33.4 Å². The van der Waals surface area contributed by atoms with Crippen LogP contribution in [0, 0.1) is 5.41 Å². The van der Waals surface area contributed by atoms with Crippen molar-refractivity contribution >= 4 is 5.78 Å². The van der Waals surface area contributed by atoms with Gasteiger partial charge in [-0.15, -0.1) is 0 Å². The maximum absolute atomic E-state index is 11.9. The van der Waals surface area contributed by atoms with Gasteiger partial charge in [0.1, 0.15) is 12.4 Å². The van der Waals surface area contributed by atoms with E-state index in [1.165, 1.54) is 0 Å². The number of hydrogen-bond acceptors (Lipinski definition) is 2. The van der Waals surface area contributed by atoms with Crippen LogP contribution in [0.25, 0.3) is 0 Å². The molecule has 0 aliphatic carbocycles. The molecule has 0 radical (unpaired) electrons. The van der Waals surface area contributed by atoms with Crippen LogP contribution in [0.1, 0.15) is 31.1 Å². The monoisotopic (exact) mass is 218 g/mol. The van der Waals surface area contributed by atoms with Gasteiger partial charge in [0, 0.05) is 11.0 Å². The minimum Gasteiger partial charge on any atom is -0.490 e. The largest absolute Gasteiger partial charge is 0.490 e. The van der Waals surface area contributed by atoms with E-state index in [2.05, 4.69) is 6.58 Å². The van der Waals surface area contributed by atoms with Gasteiger partial charge in [0.25, 0.3) is 0 Å². The van der Waals surface area contributed by atoms with E-state index in [-0.39, 0.29) is 11.2 Å². The Labute approximate surface area is 96.9 Å². The molecule has 0 saturated carbocycles. The van der Waals surface area contributed by atoms with E-state index in [0.717, 1.165) is 11.3 Å². The summed E-state index contributed by atoms with van der Waals surface area (Å²) in [5.74, 6) is 0.896. The molecule has 0 atom stereocenters. The predicted octanol–water partition coefficient (Wildman–Crippen LogP) is 3.48. The summed E-state index contributed by atoms with van der Waals surface area (Å²) in [7, 11) is 0. The zero-order valence-corrected chi connectivity index (χ0v) is 10.1. The molecule has 0 bridgehead atoms. The Morgan fingerprint density at radius 2 is 1.88 bits per heavy atom. The number of hydrogen-bond donors (Lipinski definition) is 0. The van der Waals surface area contributed by atoms with Crippen LogP contribution in [0.5, 0.6) is 5.75 Å². The molecule has 1 aromatic rings. The molecule has 0 N–H and O–H groups in total. The van der Waals surface area contributed by atoms with Crippen molar-refractivity contribution in [3.05, 3.63) is 42.5 Å². The zero-order valence-electron chi connectivity index (χ0n) is 10.1. The summed E-state index contributed by atoms with van der Waals surface area (Å²) in [4.78, 5) is 11.9. The van der Waals surface area contributed by atoms with Crippen LogP contribution < -0.4 is 4.74 Å². The van der Waals surface area contributed by atoms with Gasteiger partial charge in [-0.25, -0.2) is 0 Å². The fraction of sp³-hybridized carbons (Fsp3) is 0.357. The summed E-state index contributed by atoms with van der Waals surface area (Å²) in [6, 6.07) is 7.21. The molecular weight excluding hydrogens is 200 g/mol. The highest BCUT2D eigenvalue weighted by molar-refractivity contribution is 5.99. The predicted molar refractivity (Wildman–Crippen MR) is 65.9 cm³/mol. The minimum absolute atomic E-state index is 0.141. The molecule has 0 saturated heterocycles. The van der Waals surface area contributed by atoms with Gasteiger partial charge in [-0.3, -0.25) is 4.79 Å². The lowest BCUT2D eigenvalue weighted by Gasteiger charge is -2.16. The van der Waals surface area contributed by atoms with Crippen molar-refractivity contribution < 1.29 is 9.53 Å². The quantitative estimate of drug-likeness (QED) is 0.571. The summed E-state index contributed by atoms with van der Waals surface area (Å²) in [5, 5.41) is 0. The standard InChI is InChI=1S/C14H18O2/c1-5-10-16-12-8-6-11(7-9-12)13(15)14(2,3)4/h5-9H,1,10H2,2-4H3. The molecule has 16 heavy (non-hydrogen) atoms. The van der Waals surface area contributed by atoms with Gasteiger partial charge in [-0.05, 0) is 24.3 Å². The van der Waals surface area contributed by atoms with Crippen LogP contribution >= 0.6 is 0 Å². The highest BCUT2D eigenvalue weighted by Crippen LogP contribution is 2.22. The minimum atomic E-state index is -0.344. The second kappa shape index (κ2) is 4.97. The molecule has 0 aliphatic heterocycles. The van der Waals surface area contributed by atoms with Crippen LogP contribution in [0.3, 0.4) is 0 Å². The molecule has 1 rings (SSSR count). The van der Waals surface area contributed by atoms with Crippen molar-refractivity contribution in [2.24, 2.45) is 5.41 Å². The third kappa shape index (κ3) is 3.23.